The van der Waals surface area contributed by atoms with E-state index in [9.17, 15) is 19.5 Å². The van der Waals surface area contributed by atoms with Crippen molar-refractivity contribution in [3.63, 3.8) is 0 Å². The zero-order chi connectivity index (χ0) is 21.2. The molecular weight excluding hydrogens is 386 g/mol. The van der Waals surface area contributed by atoms with Crippen LogP contribution in [0.25, 0.3) is 0 Å². The largest absolute Gasteiger partial charge is 0.465 e. The molecular formula is C17H23N5O7. The first-order valence-corrected chi connectivity index (χ1v) is 9.03. The van der Waals surface area contributed by atoms with Crippen molar-refractivity contribution in [2.24, 2.45) is 0 Å². The van der Waals surface area contributed by atoms with Gasteiger partial charge in [-0.1, -0.05) is 0 Å². The maximum Gasteiger partial charge on any atom is 0.415 e. The molecule has 0 aromatic carbocycles. The van der Waals surface area contributed by atoms with Crippen LogP contribution in [0.4, 0.5) is 21.2 Å². The van der Waals surface area contributed by atoms with Gasteiger partial charge in [0.2, 0.25) is 0 Å². The molecule has 0 aliphatic carbocycles. The second-order valence-corrected chi connectivity index (χ2v) is 7.61. The molecule has 0 spiro atoms. The number of anilines is 2. The number of aromatic nitrogens is 2. The fraction of sp³-hybridized carbons (Fsp3) is 0.588. The van der Waals surface area contributed by atoms with E-state index in [1.54, 1.807) is 20.8 Å². The molecule has 12 heteroatoms. The number of aliphatic hydroxyl groups is 1. The molecule has 3 heterocycles. The monoisotopic (exact) mass is 409 g/mol. The van der Waals surface area contributed by atoms with Crippen LogP contribution >= 0.6 is 0 Å². The molecule has 1 saturated heterocycles. The number of ether oxygens (including phenoxy) is 3. The highest BCUT2D eigenvalue weighted by Gasteiger charge is 2.35. The van der Waals surface area contributed by atoms with Crippen LogP contribution in [0.1, 0.15) is 27.2 Å². The number of cyclic esters (lactones) is 1. The maximum atomic E-state index is 12.2. The van der Waals surface area contributed by atoms with Gasteiger partial charge in [-0.25, -0.2) is 19.6 Å². The van der Waals surface area contributed by atoms with Gasteiger partial charge in [0, 0.05) is 13.0 Å². The molecule has 2 atom stereocenters. The van der Waals surface area contributed by atoms with Crippen molar-refractivity contribution in [3.8, 4) is 5.88 Å². The summed E-state index contributed by atoms with van der Waals surface area (Å²) in [6.07, 6.45) is -1.41. The first-order chi connectivity index (χ1) is 13.6. The van der Waals surface area contributed by atoms with Crippen molar-refractivity contribution < 1.29 is 33.7 Å². The first kappa shape index (κ1) is 20.6. The molecule has 12 nitrogen and oxygen atoms in total. The summed E-state index contributed by atoms with van der Waals surface area (Å²) in [7, 11) is 0. The van der Waals surface area contributed by atoms with E-state index in [2.05, 4.69) is 20.6 Å². The van der Waals surface area contributed by atoms with Crippen molar-refractivity contribution in [1.29, 1.82) is 0 Å². The lowest BCUT2D eigenvalue weighted by atomic mass is 10.1. The Hall–Kier alpha value is -3.15. The van der Waals surface area contributed by atoms with Crippen molar-refractivity contribution >= 4 is 29.7 Å². The number of carbonyl (C=O) groups excluding carboxylic acids is 3. The summed E-state index contributed by atoms with van der Waals surface area (Å²) in [5.41, 5.74) is -0.642. The molecule has 158 valence electrons. The molecule has 3 N–H and O–H groups in total. The number of nitrogens with one attached hydrogen (secondary N) is 2. The Morgan fingerprint density at radius 2 is 2.24 bits per heavy atom. The summed E-state index contributed by atoms with van der Waals surface area (Å²) in [6.45, 7) is 5.13. The van der Waals surface area contributed by atoms with Gasteiger partial charge in [0.05, 0.1) is 18.8 Å². The summed E-state index contributed by atoms with van der Waals surface area (Å²) < 4.78 is 15.5. The number of hydrogen-bond acceptors (Lipinski definition) is 9. The van der Waals surface area contributed by atoms with Crippen LogP contribution < -0.4 is 20.3 Å². The third-order valence-electron chi connectivity index (χ3n) is 3.89. The highest BCUT2D eigenvalue weighted by atomic mass is 16.6. The van der Waals surface area contributed by atoms with E-state index in [0.29, 0.717) is 0 Å². The number of carbonyl (C=O) groups is 3. The average Bonchev–Trinajstić information content (AvgIpc) is 2.98. The third-order valence-corrected chi connectivity index (χ3v) is 3.89. The molecule has 1 aromatic rings. The molecule has 2 aliphatic rings. The van der Waals surface area contributed by atoms with Crippen LogP contribution in [0, 0.1) is 0 Å². The molecule has 3 rings (SSSR count). The van der Waals surface area contributed by atoms with E-state index >= 15 is 0 Å². The highest BCUT2D eigenvalue weighted by molar-refractivity contribution is 5.94. The Labute approximate surface area is 166 Å². The maximum absolute atomic E-state index is 12.2. The molecule has 0 radical (unpaired) electrons. The van der Waals surface area contributed by atoms with Gasteiger partial charge in [-0.05, 0) is 20.8 Å². The summed E-state index contributed by atoms with van der Waals surface area (Å²) in [4.78, 5) is 44.7. The van der Waals surface area contributed by atoms with Crippen LogP contribution in [0.15, 0.2) is 6.20 Å². The fourth-order valence-corrected chi connectivity index (χ4v) is 2.72. The van der Waals surface area contributed by atoms with Gasteiger partial charge < -0.3 is 30.0 Å². The van der Waals surface area contributed by atoms with Crippen molar-refractivity contribution in [3.05, 3.63) is 6.20 Å². The van der Waals surface area contributed by atoms with Gasteiger partial charge in [-0.3, -0.25) is 9.69 Å². The quantitative estimate of drug-likeness (QED) is 0.627. The van der Waals surface area contributed by atoms with E-state index in [1.807, 2.05) is 0 Å². The van der Waals surface area contributed by atoms with E-state index in [4.69, 9.17) is 14.2 Å². The minimum Gasteiger partial charge on any atom is -0.465 e. The number of rotatable bonds is 5. The second kappa shape index (κ2) is 8.07. The molecule has 3 amide bonds. The Bertz CT molecular complexity index is 810. The topological polar surface area (TPSA) is 152 Å². The van der Waals surface area contributed by atoms with Crippen LogP contribution in [0.5, 0.6) is 5.88 Å². The Kier molecular flexibility index (Phi) is 5.73. The lowest BCUT2D eigenvalue weighted by Crippen LogP contribution is -2.38. The van der Waals surface area contributed by atoms with Crippen LogP contribution in [0.2, 0.25) is 0 Å². The molecule has 0 saturated carbocycles. The van der Waals surface area contributed by atoms with Crippen LogP contribution in [-0.2, 0) is 14.3 Å². The number of hydrogen-bond donors (Lipinski definition) is 3. The summed E-state index contributed by atoms with van der Waals surface area (Å²) in [5.74, 6) is 0.104. The molecule has 2 aliphatic heterocycles. The third kappa shape index (κ3) is 5.44. The van der Waals surface area contributed by atoms with Crippen molar-refractivity contribution in [2.75, 3.05) is 29.9 Å². The first-order valence-electron chi connectivity index (χ1n) is 9.03. The molecule has 0 bridgehead atoms. The number of alkyl carbamates (subject to hydrolysis) is 1. The normalized spacial score (nSPS) is 19.6. The zero-order valence-electron chi connectivity index (χ0n) is 16.3. The second-order valence-electron chi connectivity index (χ2n) is 7.61. The van der Waals surface area contributed by atoms with Crippen LogP contribution in [0.3, 0.4) is 0 Å². The average molecular weight is 409 g/mol. The predicted molar refractivity (Wildman–Crippen MR) is 98.6 cm³/mol. The van der Waals surface area contributed by atoms with E-state index in [1.165, 1.54) is 11.1 Å². The summed E-state index contributed by atoms with van der Waals surface area (Å²) in [5, 5.41) is 15.1. The Morgan fingerprint density at radius 3 is 2.97 bits per heavy atom. The number of nitrogens with zero attached hydrogens (tertiary/aromatic N) is 3. The number of amides is 3. The minimum atomic E-state index is -0.942. The summed E-state index contributed by atoms with van der Waals surface area (Å²) >= 11 is 0. The lowest BCUT2D eigenvalue weighted by molar-refractivity contribution is -0.118. The summed E-state index contributed by atoms with van der Waals surface area (Å²) in [6, 6.07) is 0. The Balaban J connectivity index is 1.53. The fourth-order valence-electron chi connectivity index (χ4n) is 2.72. The van der Waals surface area contributed by atoms with Gasteiger partial charge in [0.15, 0.2) is 18.2 Å². The van der Waals surface area contributed by atoms with Gasteiger partial charge >= 0.3 is 12.2 Å². The smallest absolute Gasteiger partial charge is 0.415 e. The molecule has 1 fully saturated rings. The van der Waals surface area contributed by atoms with E-state index in [0.717, 1.165) is 0 Å². The molecule has 29 heavy (non-hydrogen) atoms. The number of aliphatic hydroxyl groups excluding tert-OH is 1. The van der Waals surface area contributed by atoms with Gasteiger partial charge in [-0.15, -0.1) is 0 Å². The van der Waals surface area contributed by atoms with Crippen molar-refractivity contribution in [1.82, 2.24) is 15.3 Å². The van der Waals surface area contributed by atoms with Gasteiger partial charge in [0.25, 0.3) is 11.8 Å². The lowest BCUT2D eigenvalue weighted by Gasteiger charge is -2.21. The van der Waals surface area contributed by atoms with Crippen molar-refractivity contribution in [2.45, 2.75) is 45.0 Å². The zero-order valence-corrected chi connectivity index (χ0v) is 16.3. The predicted octanol–water partition coefficient (Wildman–Crippen LogP) is 0.408. The van der Waals surface area contributed by atoms with Crippen LogP contribution in [-0.4, -0.2) is 70.7 Å². The SMILES string of the molecule is CC(C)(C)OC(=O)NCC(O)CC1CN(c2cnc3c(n2)NC(=O)CO3)C(=O)O1. The van der Waals surface area contributed by atoms with Gasteiger partial charge in [-0.2, -0.15) is 0 Å². The molecule has 1 aromatic heterocycles. The Morgan fingerprint density at radius 1 is 1.48 bits per heavy atom. The van der Waals surface area contributed by atoms with Gasteiger partial charge in [0.1, 0.15) is 11.7 Å². The minimum absolute atomic E-state index is 0.0506. The van der Waals surface area contributed by atoms with E-state index in [-0.39, 0.29) is 49.5 Å². The molecule has 2 unspecified atom stereocenters. The van der Waals surface area contributed by atoms with E-state index < -0.39 is 30.0 Å². The standard InChI is InChI=1S/C17H23N5O7/c1-17(2,3)29-15(25)19-5-9(23)4-10-7-22(16(26)28-10)11-6-18-14-13(20-11)21-12(24)8-27-14/h6,9-10,23H,4-5,7-8H2,1-3H3,(H,19,25)(H,20,21,24). The number of fused-ring (bicyclic) bond motifs is 1. The highest BCUT2D eigenvalue weighted by Crippen LogP contribution is 2.28.